The molecule has 0 spiro atoms. The van der Waals surface area contributed by atoms with Crippen LogP contribution in [0.4, 0.5) is 0 Å². The lowest BCUT2D eigenvalue weighted by molar-refractivity contribution is -0.132. The van der Waals surface area contributed by atoms with Crippen molar-refractivity contribution in [1.29, 1.82) is 0 Å². The Kier molecular flexibility index (Phi) is 9.02. The third-order valence-corrected chi connectivity index (χ3v) is 6.47. The molecule has 0 atom stereocenters. The lowest BCUT2D eigenvalue weighted by Gasteiger charge is -2.33. The first-order valence-electron chi connectivity index (χ1n) is 11.7. The van der Waals surface area contributed by atoms with Crippen molar-refractivity contribution in [3.05, 3.63) is 17.7 Å². The van der Waals surface area contributed by atoms with E-state index >= 15 is 0 Å². The summed E-state index contributed by atoms with van der Waals surface area (Å²) in [6.07, 6.45) is 6.89. The first-order valence-corrected chi connectivity index (χ1v) is 11.7. The molecule has 8 heteroatoms. The van der Waals surface area contributed by atoms with Crippen molar-refractivity contribution in [3.63, 3.8) is 0 Å². The zero-order valence-corrected chi connectivity index (χ0v) is 19.7. The highest BCUT2D eigenvalue weighted by molar-refractivity contribution is 5.96. The van der Waals surface area contributed by atoms with Gasteiger partial charge in [0.05, 0.1) is 21.3 Å². The van der Waals surface area contributed by atoms with E-state index in [-0.39, 0.29) is 17.9 Å². The first-order chi connectivity index (χ1) is 15.6. The predicted molar refractivity (Wildman–Crippen MR) is 123 cm³/mol. The maximum atomic E-state index is 13.7. The lowest BCUT2D eigenvalue weighted by Crippen LogP contribution is -2.48. The summed E-state index contributed by atoms with van der Waals surface area (Å²) >= 11 is 0. The van der Waals surface area contributed by atoms with Crippen LogP contribution in [0.3, 0.4) is 0 Å². The van der Waals surface area contributed by atoms with Crippen LogP contribution in [0, 0.1) is 0 Å². The summed E-state index contributed by atoms with van der Waals surface area (Å²) in [7, 11) is 4.63. The molecular formula is C24H37N3O5. The first kappa shape index (κ1) is 24.2. The van der Waals surface area contributed by atoms with E-state index in [1.54, 1.807) is 33.5 Å². The molecule has 0 aromatic heterocycles. The molecule has 0 unspecified atom stereocenters. The van der Waals surface area contributed by atoms with Crippen LogP contribution in [0.2, 0.25) is 0 Å². The molecule has 1 aliphatic heterocycles. The quantitative estimate of drug-likeness (QED) is 0.617. The number of benzene rings is 1. The van der Waals surface area contributed by atoms with Crippen molar-refractivity contribution in [3.8, 4) is 17.2 Å². The van der Waals surface area contributed by atoms with Crippen molar-refractivity contribution in [2.45, 2.75) is 51.0 Å². The largest absolute Gasteiger partial charge is 0.493 e. The van der Waals surface area contributed by atoms with Gasteiger partial charge in [-0.3, -0.25) is 9.59 Å². The fraction of sp³-hybridized carbons (Fsp3) is 0.667. The second kappa shape index (κ2) is 11.9. The molecule has 1 saturated heterocycles. The normalized spacial score (nSPS) is 17.4. The van der Waals surface area contributed by atoms with Crippen molar-refractivity contribution >= 4 is 11.8 Å². The second-order valence-electron chi connectivity index (χ2n) is 8.44. The van der Waals surface area contributed by atoms with Gasteiger partial charge < -0.3 is 29.3 Å². The number of rotatable bonds is 8. The molecule has 1 aromatic carbocycles. The molecule has 2 aliphatic rings. The highest BCUT2D eigenvalue weighted by Crippen LogP contribution is 2.39. The smallest absolute Gasteiger partial charge is 0.254 e. The fourth-order valence-corrected chi connectivity index (χ4v) is 4.68. The molecule has 0 radical (unpaired) electrons. The van der Waals surface area contributed by atoms with E-state index in [1.807, 2.05) is 9.80 Å². The Morgan fingerprint density at radius 2 is 1.56 bits per heavy atom. The number of carbonyl (C=O) groups is 2. The Morgan fingerprint density at radius 1 is 0.969 bits per heavy atom. The second-order valence-corrected chi connectivity index (χ2v) is 8.44. The number of nitrogens with zero attached hydrogens (tertiary/aromatic N) is 2. The minimum Gasteiger partial charge on any atom is -0.493 e. The van der Waals surface area contributed by atoms with Crippen LogP contribution in [0.1, 0.15) is 55.3 Å². The van der Waals surface area contributed by atoms with E-state index in [9.17, 15) is 9.59 Å². The van der Waals surface area contributed by atoms with Crippen molar-refractivity contribution in [1.82, 2.24) is 15.1 Å². The fourth-order valence-electron chi connectivity index (χ4n) is 4.68. The van der Waals surface area contributed by atoms with E-state index < -0.39 is 0 Å². The molecule has 178 valence electrons. The minimum atomic E-state index is -0.0933. The van der Waals surface area contributed by atoms with Gasteiger partial charge in [0.2, 0.25) is 11.7 Å². The van der Waals surface area contributed by atoms with Crippen LogP contribution in [-0.2, 0) is 4.79 Å². The summed E-state index contributed by atoms with van der Waals surface area (Å²) in [6.45, 7) is 3.51. The van der Waals surface area contributed by atoms with E-state index in [4.69, 9.17) is 14.2 Å². The summed E-state index contributed by atoms with van der Waals surface area (Å²) in [5.41, 5.74) is 0.485. The van der Waals surface area contributed by atoms with E-state index in [0.717, 1.165) is 51.9 Å². The molecule has 1 N–H and O–H groups in total. The maximum absolute atomic E-state index is 13.7. The van der Waals surface area contributed by atoms with Crippen LogP contribution in [0.5, 0.6) is 17.2 Å². The summed E-state index contributed by atoms with van der Waals surface area (Å²) in [5.74, 6) is 1.38. The van der Waals surface area contributed by atoms with Gasteiger partial charge in [-0.05, 0) is 25.0 Å². The van der Waals surface area contributed by atoms with Gasteiger partial charge in [0.25, 0.3) is 5.91 Å². The summed E-state index contributed by atoms with van der Waals surface area (Å²) < 4.78 is 16.3. The van der Waals surface area contributed by atoms with Crippen LogP contribution in [0.25, 0.3) is 0 Å². The average molecular weight is 448 g/mol. The van der Waals surface area contributed by atoms with Crippen molar-refractivity contribution < 1.29 is 23.8 Å². The summed E-state index contributed by atoms with van der Waals surface area (Å²) in [4.78, 5) is 30.3. The van der Waals surface area contributed by atoms with Gasteiger partial charge in [0.15, 0.2) is 11.5 Å². The van der Waals surface area contributed by atoms with Gasteiger partial charge in [0, 0.05) is 50.7 Å². The molecule has 2 amide bonds. The van der Waals surface area contributed by atoms with Crippen LogP contribution >= 0.6 is 0 Å². The molecule has 1 aliphatic carbocycles. The number of carbonyl (C=O) groups excluding carboxylic acids is 2. The third kappa shape index (κ3) is 5.85. The monoisotopic (exact) mass is 447 g/mol. The molecule has 1 heterocycles. The molecule has 32 heavy (non-hydrogen) atoms. The maximum Gasteiger partial charge on any atom is 0.254 e. The zero-order chi connectivity index (χ0) is 22.9. The van der Waals surface area contributed by atoms with Gasteiger partial charge in [-0.2, -0.15) is 0 Å². The van der Waals surface area contributed by atoms with Crippen LogP contribution < -0.4 is 19.5 Å². The topological polar surface area (TPSA) is 80.3 Å². The minimum absolute atomic E-state index is 0.0933. The number of piperazine rings is 1. The van der Waals surface area contributed by atoms with Crippen molar-refractivity contribution in [2.75, 3.05) is 54.1 Å². The van der Waals surface area contributed by atoms with E-state index in [2.05, 4.69) is 5.32 Å². The SMILES string of the molecule is COc1cc(C(=O)N(CCC(=O)N2CCNCC2)C2CCCCCC2)cc(OC)c1OC. The van der Waals surface area contributed by atoms with Crippen LogP contribution in [0.15, 0.2) is 12.1 Å². The summed E-state index contributed by atoms with van der Waals surface area (Å²) in [5, 5.41) is 3.27. The molecule has 0 bridgehead atoms. The van der Waals surface area contributed by atoms with Gasteiger partial charge in [0.1, 0.15) is 0 Å². The molecule has 1 saturated carbocycles. The predicted octanol–water partition coefficient (Wildman–Crippen LogP) is 2.70. The molecule has 2 fully saturated rings. The zero-order valence-electron chi connectivity index (χ0n) is 19.7. The molecule has 1 aromatic rings. The number of methoxy groups -OCH3 is 3. The Balaban J connectivity index is 1.83. The Bertz CT molecular complexity index is 746. The van der Waals surface area contributed by atoms with Gasteiger partial charge >= 0.3 is 0 Å². The third-order valence-electron chi connectivity index (χ3n) is 6.47. The highest BCUT2D eigenvalue weighted by Gasteiger charge is 2.29. The van der Waals surface area contributed by atoms with Crippen LogP contribution in [-0.4, -0.2) is 81.7 Å². The number of amides is 2. The standard InChI is InChI=1S/C24H37N3O5/c1-30-20-16-18(17-21(31-2)23(20)32-3)24(29)27(19-8-6-4-5-7-9-19)13-10-22(28)26-14-11-25-12-15-26/h16-17,19,25H,4-15H2,1-3H3. The lowest BCUT2D eigenvalue weighted by atomic mass is 10.0. The Morgan fingerprint density at radius 3 is 2.09 bits per heavy atom. The molecule has 3 rings (SSSR count). The average Bonchev–Trinajstić information content (AvgIpc) is 3.13. The Labute approximate surface area is 191 Å². The van der Waals surface area contributed by atoms with Gasteiger partial charge in [-0.1, -0.05) is 25.7 Å². The number of ether oxygens (including phenoxy) is 3. The Hall–Kier alpha value is -2.48. The van der Waals surface area contributed by atoms with E-state index in [0.29, 0.717) is 35.8 Å². The van der Waals surface area contributed by atoms with Crippen molar-refractivity contribution in [2.24, 2.45) is 0 Å². The van der Waals surface area contributed by atoms with Gasteiger partial charge in [-0.15, -0.1) is 0 Å². The number of nitrogens with one attached hydrogen (secondary N) is 1. The number of hydrogen-bond donors (Lipinski definition) is 1. The highest BCUT2D eigenvalue weighted by atomic mass is 16.5. The summed E-state index contributed by atoms with van der Waals surface area (Å²) in [6, 6.07) is 3.54. The number of hydrogen-bond acceptors (Lipinski definition) is 6. The molecule has 8 nitrogen and oxygen atoms in total. The van der Waals surface area contributed by atoms with E-state index in [1.165, 1.54) is 12.8 Å². The van der Waals surface area contributed by atoms with Gasteiger partial charge in [-0.25, -0.2) is 0 Å². The molecular weight excluding hydrogens is 410 g/mol.